The third-order valence-electron chi connectivity index (χ3n) is 2.95. The molecular formula is C16H16N2OS. The van der Waals surface area contributed by atoms with Crippen molar-refractivity contribution in [3.63, 3.8) is 0 Å². The van der Waals surface area contributed by atoms with Gasteiger partial charge >= 0.3 is 0 Å². The minimum atomic E-state index is 0.734. The molecule has 2 aromatic carbocycles. The van der Waals surface area contributed by atoms with Crippen molar-refractivity contribution in [1.82, 2.24) is 4.98 Å². The third-order valence-corrected chi connectivity index (χ3v) is 3.78. The maximum atomic E-state index is 5.66. The fourth-order valence-electron chi connectivity index (χ4n) is 2.00. The zero-order chi connectivity index (χ0) is 13.8. The van der Waals surface area contributed by atoms with E-state index in [1.165, 1.54) is 5.56 Å². The van der Waals surface area contributed by atoms with E-state index >= 15 is 0 Å². The summed E-state index contributed by atoms with van der Waals surface area (Å²) < 4.78 is 5.66. The predicted octanol–water partition coefficient (Wildman–Crippen LogP) is 4.34. The average Bonchev–Trinajstić information content (AvgIpc) is 2.86. The van der Waals surface area contributed by atoms with Gasteiger partial charge in [0.1, 0.15) is 5.52 Å². The Morgan fingerprint density at radius 3 is 2.90 bits per heavy atom. The number of benzene rings is 2. The van der Waals surface area contributed by atoms with Gasteiger partial charge in [0, 0.05) is 18.0 Å². The molecule has 0 aliphatic carbocycles. The summed E-state index contributed by atoms with van der Waals surface area (Å²) in [5.41, 5.74) is 4.19. The van der Waals surface area contributed by atoms with Crippen molar-refractivity contribution in [1.29, 1.82) is 0 Å². The fraction of sp³-hybridized carbons (Fsp3) is 0.188. The van der Waals surface area contributed by atoms with Crippen LogP contribution in [0.15, 0.2) is 58.2 Å². The topological polar surface area (TPSA) is 38.1 Å². The summed E-state index contributed by atoms with van der Waals surface area (Å²) in [5.74, 6) is 0.917. The molecular weight excluding hydrogens is 268 g/mol. The second-order valence-corrected chi connectivity index (χ2v) is 5.64. The molecule has 1 N–H and O–H groups in total. The number of aryl methyl sites for hydroxylation is 1. The summed E-state index contributed by atoms with van der Waals surface area (Å²) in [6.45, 7) is 2.98. The summed E-state index contributed by atoms with van der Waals surface area (Å²) in [7, 11) is 0. The molecule has 0 unspecified atom stereocenters. The molecule has 1 heterocycles. The van der Waals surface area contributed by atoms with Crippen LogP contribution in [0.2, 0.25) is 0 Å². The summed E-state index contributed by atoms with van der Waals surface area (Å²) in [4.78, 5) is 4.44. The lowest BCUT2D eigenvalue weighted by atomic mass is 10.2. The Morgan fingerprint density at radius 2 is 2.05 bits per heavy atom. The predicted molar refractivity (Wildman–Crippen MR) is 84.4 cm³/mol. The van der Waals surface area contributed by atoms with Gasteiger partial charge in [-0.3, -0.25) is 0 Å². The number of nitrogens with zero attached hydrogens (tertiary/aromatic N) is 1. The number of hydrogen-bond donors (Lipinski definition) is 1. The molecule has 0 fully saturated rings. The monoisotopic (exact) mass is 284 g/mol. The normalized spacial score (nSPS) is 10.8. The molecule has 20 heavy (non-hydrogen) atoms. The number of rotatable bonds is 5. The zero-order valence-corrected chi connectivity index (χ0v) is 12.1. The smallest absolute Gasteiger partial charge is 0.256 e. The SMILES string of the molecule is Cc1cccc(NCCSc2nc3ccccc3o2)c1. The molecule has 0 bridgehead atoms. The van der Waals surface area contributed by atoms with Crippen LogP contribution in [0, 0.1) is 6.92 Å². The van der Waals surface area contributed by atoms with Crippen LogP contribution in [0.3, 0.4) is 0 Å². The van der Waals surface area contributed by atoms with E-state index in [1.807, 2.05) is 24.3 Å². The first kappa shape index (κ1) is 13.1. The van der Waals surface area contributed by atoms with Crippen LogP contribution in [-0.2, 0) is 0 Å². The van der Waals surface area contributed by atoms with Gasteiger partial charge in [-0.1, -0.05) is 36.0 Å². The van der Waals surface area contributed by atoms with E-state index < -0.39 is 0 Å². The first-order valence-electron chi connectivity index (χ1n) is 6.60. The number of nitrogens with one attached hydrogen (secondary N) is 1. The fourth-order valence-corrected chi connectivity index (χ4v) is 2.69. The van der Waals surface area contributed by atoms with Crippen LogP contribution >= 0.6 is 11.8 Å². The molecule has 0 aliphatic heterocycles. The van der Waals surface area contributed by atoms with Crippen LogP contribution in [0.25, 0.3) is 11.1 Å². The highest BCUT2D eigenvalue weighted by Gasteiger charge is 2.04. The molecule has 4 heteroatoms. The summed E-state index contributed by atoms with van der Waals surface area (Å²) in [6, 6.07) is 16.2. The molecule has 0 spiro atoms. The average molecular weight is 284 g/mol. The van der Waals surface area contributed by atoms with Gasteiger partial charge in [-0.15, -0.1) is 0 Å². The molecule has 102 valence electrons. The highest BCUT2D eigenvalue weighted by molar-refractivity contribution is 7.99. The van der Waals surface area contributed by atoms with E-state index in [2.05, 4.69) is 41.5 Å². The van der Waals surface area contributed by atoms with E-state index in [0.29, 0.717) is 0 Å². The number of anilines is 1. The zero-order valence-electron chi connectivity index (χ0n) is 11.3. The van der Waals surface area contributed by atoms with E-state index in [4.69, 9.17) is 4.42 Å². The van der Waals surface area contributed by atoms with Gasteiger partial charge in [0.15, 0.2) is 5.58 Å². The van der Waals surface area contributed by atoms with Crippen molar-refractivity contribution >= 4 is 28.5 Å². The number of thioether (sulfide) groups is 1. The Hall–Kier alpha value is -1.94. The minimum Gasteiger partial charge on any atom is -0.431 e. The van der Waals surface area contributed by atoms with Gasteiger partial charge < -0.3 is 9.73 Å². The van der Waals surface area contributed by atoms with Gasteiger partial charge in [0.05, 0.1) is 0 Å². The van der Waals surface area contributed by atoms with Crippen molar-refractivity contribution < 1.29 is 4.42 Å². The maximum absolute atomic E-state index is 5.66. The van der Waals surface area contributed by atoms with E-state index in [0.717, 1.165) is 34.3 Å². The Balaban J connectivity index is 1.52. The van der Waals surface area contributed by atoms with Gasteiger partial charge in [0.25, 0.3) is 5.22 Å². The second kappa shape index (κ2) is 6.01. The van der Waals surface area contributed by atoms with Gasteiger partial charge in [0.2, 0.25) is 0 Å². The largest absolute Gasteiger partial charge is 0.431 e. The Morgan fingerprint density at radius 1 is 1.15 bits per heavy atom. The summed E-state index contributed by atoms with van der Waals surface area (Å²) >= 11 is 1.63. The second-order valence-electron chi connectivity index (χ2n) is 4.59. The molecule has 0 amide bonds. The first-order valence-corrected chi connectivity index (χ1v) is 7.59. The van der Waals surface area contributed by atoms with Crippen LogP contribution in [0.4, 0.5) is 5.69 Å². The van der Waals surface area contributed by atoms with Crippen molar-refractivity contribution in [2.24, 2.45) is 0 Å². The molecule has 3 nitrogen and oxygen atoms in total. The number of fused-ring (bicyclic) bond motifs is 1. The number of para-hydroxylation sites is 2. The maximum Gasteiger partial charge on any atom is 0.256 e. The summed E-state index contributed by atoms with van der Waals surface area (Å²) in [5, 5.41) is 4.13. The van der Waals surface area contributed by atoms with Crippen LogP contribution < -0.4 is 5.32 Å². The molecule has 0 saturated carbocycles. The Bertz CT molecular complexity index is 675. The lowest BCUT2D eigenvalue weighted by Crippen LogP contribution is -2.03. The highest BCUT2D eigenvalue weighted by Crippen LogP contribution is 2.22. The number of oxazole rings is 1. The quantitative estimate of drug-likeness (QED) is 0.558. The third kappa shape index (κ3) is 3.14. The van der Waals surface area contributed by atoms with E-state index in [9.17, 15) is 0 Å². The number of hydrogen-bond acceptors (Lipinski definition) is 4. The Kier molecular flexibility index (Phi) is 3.92. The molecule has 0 radical (unpaired) electrons. The molecule has 0 aliphatic rings. The minimum absolute atomic E-state index is 0.734. The van der Waals surface area contributed by atoms with Crippen molar-refractivity contribution in [3.8, 4) is 0 Å². The van der Waals surface area contributed by atoms with Crippen LogP contribution in [0.1, 0.15) is 5.56 Å². The molecule has 3 aromatic rings. The number of aromatic nitrogens is 1. The van der Waals surface area contributed by atoms with E-state index in [-0.39, 0.29) is 0 Å². The highest BCUT2D eigenvalue weighted by atomic mass is 32.2. The lowest BCUT2D eigenvalue weighted by molar-refractivity contribution is 0.489. The van der Waals surface area contributed by atoms with Gasteiger partial charge in [-0.25, -0.2) is 4.98 Å². The lowest BCUT2D eigenvalue weighted by Gasteiger charge is -2.05. The molecule has 3 rings (SSSR count). The molecule has 1 aromatic heterocycles. The van der Waals surface area contributed by atoms with Gasteiger partial charge in [-0.05, 0) is 36.8 Å². The van der Waals surface area contributed by atoms with Gasteiger partial charge in [-0.2, -0.15) is 0 Å². The molecule has 0 atom stereocenters. The Labute approximate surface area is 122 Å². The molecule has 0 saturated heterocycles. The van der Waals surface area contributed by atoms with Crippen molar-refractivity contribution in [3.05, 3.63) is 54.1 Å². The van der Waals surface area contributed by atoms with Crippen molar-refractivity contribution in [2.45, 2.75) is 12.1 Å². The standard InChI is InChI=1S/C16H16N2OS/c1-12-5-4-6-13(11-12)17-9-10-20-16-18-14-7-2-3-8-15(14)19-16/h2-8,11,17H,9-10H2,1H3. The van der Waals surface area contributed by atoms with Crippen LogP contribution in [0.5, 0.6) is 0 Å². The van der Waals surface area contributed by atoms with E-state index in [1.54, 1.807) is 11.8 Å². The first-order chi connectivity index (χ1) is 9.81. The summed E-state index contributed by atoms with van der Waals surface area (Å²) in [6.07, 6.45) is 0. The van der Waals surface area contributed by atoms with Crippen molar-refractivity contribution in [2.75, 3.05) is 17.6 Å². The van der Waals surface area contributed by atoms with Crippen LogP contribution in [-0.4, -0.2) is 17.3 Å².